The predicted octanol–water partition coefficient (Wildman–Crippen LogP) is 4.56. The number of anilines is 1. The van der Waals surface area contributed by atoms with Crippen LogP contribution in [0, 0.1) is 19.8 Å². The van der Waals surface area contributed by atoms with Crippen LogP contribution in [0.4, 0.5) is 5.69 Å². The van der Waals surface area contributed by atoms with Gasteiger partial charge in [-0.1, -0.05) is 29.8 Å². The van der Waals surface area contributed by atoms with Gasteiger partial charge in [0, 0.05) is 22.8 Å². The lowest BCUT2D eigenvalue weighted by molar-refractivity contribution is -0.119. The lowest BCUT2D eigenvalue weighted by Crippen LogP contribution is -2.37. The molecular weight excluding hydrogens is 316 g/mol. The Hall–Kier alpha value is -2.07. The van der Waals surface area contributed by atoms with Crippen molar-refractivity contribution in [3.63, 3.8) is 0 Å². The van der Waals surface area contributed by atoms with Gasteiger partial charge in [0.05, 0.1) is 11.4 Å². The van der Waals surface area contributed by atoms with Crippen molar-refractivity contribution in [2.24, 2.45) is 11.0 Å². The highest BCUT2D eigenvalue weighted by molar-refractivity contribution is 7.99. The number of para-hydroxylation sites is 1. The number of fused-ring (bicyclic) bond motifs is 3. The zero-order valence-electron chi connectivity index (χ0n) is 14.0. The fourth-order valence-corrected chi connectivity index (χ4v) is 4.77. The van der Waals surface area contributed by atoms with Crippen LogP contribution in [0.25, 0.3) is 0 Å². The summed E-state index contributed by atoms with van der Waals surface area (Å²) in [5.41, 5.74) is 5.69. The number of hydrogen-bond acceptors (Lipinski definition) is 3. The largest absolute Gasteiger partial charge is 0.273 e. The zero-order chi connectivity index (χ0) is 16.7. The first kappa shape index (κ1) is 15.5. The van der Waals surface area contributed by atoms with Crippen LogP contribution < -0.4 is 5.01 Å². The van der Waals surface area contributed by atoms with Crippen molar-refractivity contribution in [3.8, 4) is 0 Å². The third kappa shape index (κ3) is 2.65. The van der Waals surface area contributed by atoms with Crippen molar-refractivity contribution in [3.05, 3.63) is 59.2 Å². The summed E-state index contributed by atoms with van der Waals surface area (Å²) in [7, 11) is 0. The van der Waals surface area contributed by atoms with Gasteiger partial charge in [-0.3, -0.25) is 4.79 Å². The predicted molar refractivity (Wildman–Crippen MR) is 99.8 cm³/mol. The van der Waals surface area contributed by atoms with Crippen LogP contribution in [0.15, 0.2) is 52.5 Å². The molecule has 2 aromatic rings. The SMILES string of the molecule is Cc1cc(C)c2c(c1)C1=NN(c3ccccc3)C(=O)CC1CCS2. The molecule has 4 heteroatoms. The van der Waals surface area contributed by atoms with Crippen LogP contribution in [0.3, 0.4) is 0 Å². The van der Waals surface area contributed by atoms with Gasteiger partial charge in [-0.15, -0.1) is 11.8 Å². The fraction of sp³-hybridized carbons (Fsp3) is 0.300. The second-order valence-corrected chi connectivity index (χ2v) is 7.63. The molecule has 0 saturated heterocycles. The van der Waals surface area contributed by atoms with E-state index in [4.69, 9.17) is 5.10 Å². The van der Waals surface area contributed by atoms with E-state index < -0.39 is 0 Å². The summed E-state index contributed by atoms with van der Waals surface area (Å²) in [6.07, 6.45) is 1.55. The summed E-state index contributed by atoms with van der Waals surface area (Å²) in [5, 5.41) is 6.41. The first-order valence-electron chi connectivity index (χ1n) is 8.34. The van der Waals surface area contributed by atoms with Crippen molar-refractivity contribution in [1.82, 2.24) is 0 Å². The summed E-state index contributed by atoms with van der Waals surface area (Å²) in [6.45, 7) is 4.30. The number of amides is 1. The molecule has 0 saturated carbocycles. The normalized spacial score (nSPS) is 20.1. The van der Waals surface area contributed by atoms with Crippen molar-refractivity contribution < 1.29 is 4.79 Å². The van der Waals surface area contributed by atoms with Crippen LogP contribution in [-0.4, -0.2) is 17.4 Å². The lowest BCUT2D eigenvalue weighted by Gasteiger charge is -2.29. The van der Waals surface area contributed by atoms with Gasteiger partial charge < -0.3 is 0 Å². The quantitative estimate of drug-likeness (QED) is 0.765. The number of nitrogens with zero attached hydrogens (tertiary/aromatic N) is 2. The number of hydrazone groups is 1. The fourth-order valence-electron chi connectivity index (χ4n) is 3.56. The van der Waals surface area contributed by atoms with Crippen LogP contribution >= 0.6 is 11.8 Å². The molecule has 0 fully saturated rings. The van der Waals surface area contributed by atoms with Gasteiger partial charge in [-0.05, 0) is 49.8 Å². The van der Waals surface area contributed by atoms with Crippen molar-refractivity contribution >= 4 is 29.1 Å². The van der Waals surface area contributed by atoms with E-state index in [0.717, 1.165) is 23.6 Å². The van der Waals surface area contributed by atoms with Gasteiger partial charge in [0.15, 0.2) is 0 Å². The molecule has 0 aromatic heterocycles. The molecule has 2 heterocycles. The van der Waals surface area contributed by atoms with Gasteiger partial charge in [0.1, 0.15) is 0 Å². The van der Waals surface area contributed by atoms with Gasteiger partial charge in [0.25, 0.3) is 0 Å². The van der Waals surface area contributed by atoms with E-state index in [1.165, 1.54) is 21.6 Å². The number of carbonyl (C=O) groups is 1. The van der Waals surface area contributed by atoms with E-state index in [2.05, 4.69) is 26.0 Å². The Morgan fingerprint density at radius 2 is 1.96 bits per heavy atom. The molecule has 1 unspecified atom stereocenters. The topological polar surface area (TPSA) is 32.7 Å². The standard InChI is InChI=1S/C20H20N2OS/c1-13-10-14(2)20-17(11-13)19-15(8-9-24-20)12-18(23)22(21-19)16-6-4-3-5-7-16/h3-7,10-11,15H,8-9,12H2,1-2H3. The first-order valence-corrected chi connectivity index (χ1v) is 9.33. The number of aryl methyl sites for hydroxylation is 2. The highest BCUT2D eigenvalue weighted by atomic mass is 32.2. The molecule has 0 radical (unpaired) electrons. The van der Waals surface area contributed by atoms with Gasteiger partial charge in [0.2, 0.25) is 5.91 Å². The Morgan fingerprint density at radius 1 is 1.17 bits per heavy atom. The van der Waals surface area contributed by atoms with E-state index in [0.29, 0.717) is 6.42 Å². The second-order valence-electron chi connectivity index (χ2n) is 6.52. The Kier molecular flexibility index (Phi) is 3.93. The molecule has 0 bridgehead atoms. The van der Waals surface area contributed by atoms with Crippen LogP contribution in [-0.2, 0) is 4.79 Å². The molecule has 4 rings (SSSR count). The number of hydrogen-bond donors (Lipinski definition) is 0. The molecule has 1 atom stereocenters. The minimum Gasteiger partial charge on any atom is -0.273 e. The molecule has 0 spiro atoms. The molecule has 24 heavy (non-hydrogen) atoms. The molecule has 2 aliphatic heterocycles. The molecular formula is C20H20N2OS. The minimum atomic E-state index is 0.0905. The van der Waals surface area contributed by atoms with Crippen LogP contribution in [0.1, 0.15) is 29.5 Å². The maximum Gasteiger partial charge on any atom is 0.248 e. The zero-order valence-corrected chi connectivity index (χ0v) is 14.8. The summed E-state index contributed by atoms with van der Waals surface area (Å²) in [5.74, 6) is 1.36. The molecule has 1 amide bonds. The average Bonchev–Trinajstić information content (AvgIpc) is 2.74. The number of carbonyl (C=O) groups excluding carboxylic acids is 1. The van der Waals surface area contributed by atoms with Crippen LogP contribution in [0.2, 0.25) is 0 Å². The molecule has 2 aliphatic rings. The highest BCUT2D eigenvalue weighted by Gasteiger charge is 2.34. The van der Waals surface area contributed by atoms with E-state index in [1.807, 2.05) is 42.1 Å². The number of benzene rings is 2. The summed E-state index contributed by atoms with van der Waals surface area (Å²) in [4.78, 5) is 13.9. The van der Waals surface area contributed by atoms with E-state index in [9.17, 15) is 4.79 Å². The number of rotatable bonds is 1. The lowest BCUT2D eigenvalue weighted by atomic mass is 9.88. The Balaban J connectivity index is 1.87. The van der Waals surface area contributed by atoms with Crippen molar-refractivity contribution in [2.75, 3.05) is 10.8 Å². The second kappa shape index (κ2) is 6.10. The maximum atomic E-state index is 12.6. The molecule has 122 valence electrons. The first-order chi connectivity index (χ1) is 11.6. The van der Waals surface area contributed by atoms with Gasteiger partial charge in [-0.25, -0.2) is 5.01 Å². The monoisotopic (exact) mass is 336 g/mol. The summed E-state index contributed by atoms with van der Waals surface area (Å²) in [6, 6.07) is 14.2. The molecule has 0 N–H and O–H groups in total. The highest BCUT2D eigenvalue weighted by Crippen LogP contribution is 2.38. The molecule has 2 aromatic carbocycles. The van der Waals surface area contributed by atoms with Gasteiger partial charge in [-0.2, -0.15) is 5.10 Å². The smallest absolute Gasteiger partial charge is 0.248 e. The Bertz CT molecular complexity index is 829. The summed E-state index contributed by atoms with van der Waals surface area (Å²) >= 11 is 1.90. The Labute approximate surface area is 146 Å². The number of thioether (sulfide) groups is 1. The molecule has 0 aliphatic carbocycles. The maximum absolute atomic E-state index is 12.6. The minimum absolute atomic E-state index is 0.0905. The average molecular weight is 336 g/mol. The Morgan fingerprint density at radius 3 is 2.75 bits per heavy atom. The molecule has 3 nitrogen and oxygen atoms in total. The van der Waals surface area contributed by atoms with Crippen LogP contribution in [0.5, 0.6) is 0 Å². The van der Waals surface area contributed by atoms with E-state index >= 15 is 0 Å². The van der Waals surface area contributed by atoms with E-state index in [-0.39, 0.29) is 11.8 Å². The van der Waals surface area contributed by atoms with Gasteiger partial charge >= 0.3 is 0 Å². The van der Waals surface area contributed by atoms with Crippen molar-refractivity contribution in [2.45, 2.75) is 31.6 Å². The third-order valence-corrected chi connectivity index (χ3v) is 5.93. The van der Waals surface area contributed by atoms with E-state index in [1.54, 1.807) is 5.01 Å². The van der Waals surface area contributed by atoms with Crippen molar-refractivity contribution in [1.29, 1.82) is 0 Å². The third-order valence-electron chi connectivity index (χ3n) is 4.66. The summed E-state index contributed by atoms with van der Waals surface area (Å²) < 4.78 is 0.